The van der Waals surface area contributed by atoms with Crippen molar-refractivity contribution in [1.29, 1.82) is 0 Å². The Hall–Kier alpha value is -2.08. The number of amides is 2. The molecule has 0 bridgehead atoms. The Morgan fingerprint density at radius 3 is 2.41 bits per heavy atom. The van der Waals surface area contributed by atoms with Gasteiger partial charge in [0.1, 0.15) is 0 Å². The van der Waals surface area contributed by atoms with Crippen molar-refractivity contribution in [3.63, 3.8) is 0 Å². The largest absolute Gasteiger partial charge is 0.368 e. The van der Waals surface area contributed by atoms with E-state index in [4.69, 9.17) is 5.73 Å². The molecule has 1 unspecified atom stereocenters. The summed E-state index contributed by atoms with van der Waals surface area (Å²) < 4.78 is 0. The van der Waals surface area contributed by atoms with Crippen LogP contribution in [0.15, 0.2) is 30.3 Å². The molecule has 1 heterocycles. The Balaban J connectivity index is 1.72. The number of carbonyl (C=O) groups excluding carboxylic acids is 2. The SMILES string of the molecule is CC(N)C(=O)NCCC(=O)N1CCN(c2ccccc2)CC1. The highest BCUT2D eigenvalue weighted by Gasteiger charge is 2.21. The number of nitrogens with two attached hydrogens (primary N) is 1. The second-order valence-electron chi connectivity index (χ2n) is 5.53. The van der Waals surface area contributed by atoms with Crippen LogP contribution in [-0.4, -0.2) is 55.5 Å². The Bertz CT molecular complexity index is 496. The molecule has 0 aromatic heterocycles. The number of carbonyl (C=O) groups is 2. The first-order valence-corrected chi connectivity index (χ1v) is 7.69. The van der Waals surface area contributed by atoms with Crippen molar-refractivity contribution in [1.82, 2.24) is 10.2 Å². The van der Waals surface area contributed by atoms with E-state index in [0.29, 0.717) is 13.0 Å². The molecule has 1 aromatic rings. The van der Waals surface area contributed by atoms with Gasteiger partial charge in [-0.05, 0) is 19.1 Å². The van der Waals surface area contributed by atoms with Crippen LogP contribution in [0.1, 0.15) is 13.3 Å². The number of hydrogen-bond donors (Lipinski definition) is 2. The predicted octanol–water partition coefficient (Wildman–Crippen LogP) is 0.189. The molecule has 1 atom stereocenters. The van der Waals surface area contributed by atoms with Crippen LogP contribution in [0.25, 0.3) is 0 Å². The Morgan fingerprint density at radius 1 is 1.18 bits per heavy atom. The molecule has 1 aromatic carbocycles. The van der Waals surface area contributed by atoms with Gasteiger partial charge in [-0.3, -0.25) is 9.59 Å². The van der Waals surface area contributed by atoms with E-state index in [9.17, 15) is 9.59 Å². The van der Waals surface area contributed by atoms with Crippen LogP contribution in [0, 0.1) is 0 Å². The topological polar surface area (TPSA) is 78.7 Å². The highest BCUT2D eigenvalue weighted by molar-refractivity contribution is 5.82. The summed E-state index contributed by atoms with van der Waals surface area (Å²) in [6, 6.07) is 9.67. The third-order valence-corrected chi connectivity index (χ3v) is 3.81. The fourth-order valence-corrected chi connectivity index (χ4v) is 2.46. The molecule has 6 nitrogen and oxygen atoms in total. The highest BCUT2D eigenvalue weighted by atomic mass is 16.2. The summed E-state index contributed by atoms with van der Waals surface area (Å²) in [7, 11) is 0. The van der Waals surface area contributed by atoms with Crippen LogP contribution < -0.4 is 16.0 Å². The maximum Gasteiger partial charge on any atom is 0.236 e. The molecule has 0 spiro atoms. The maximum atomic E-state index is 12.1. The van der Waals surface area contributed by atoms with E-state index < -0.39 is 6.04 Å². The summed E-state index contributed by atoms with van der Waals surface area (Å²) in [5, 5.41) is 2.66. The zero-order valence-electron chi connectivity index (χ0n) is 13.0. The van der Waals surface area contributed by atoms with Gasteiger partial charge < -0.3 is 20.9 Å². The number of anilines is 1. The summed E-state index contributed by atoms with van der Waals surface area (Å²) in [4.78, 5) is 27.6. The zero-order valence-corrected chi connectivity index (χ0v) is 13.0. The molecule has 3 N–H and O–H groups in total. The van der Waals surface area contributed by atoms with E-state index in [1.54, 1.807) is 6.92 Å². The van der Waals surface area contributed by atoms with Gasteiger partial charge in [-0.1, -0.05) is 18.2 Å². The molecule has 0 saturated carbocycles. The minimum atomic E-state index is -0.537. The summed E-state index contributed by atoms with van der Waals surface area (Å²) in [6.45, 7) is 5.08. The zero-order chi connectivity index (χ0) is 15.9. The fraction of sp³-hybridized carbons (Fsp3) is 0.500. The smallest absolute Gasteiger partial charge is 0.236 e. The van der Waals surface area contributed by atoms with Gasteiger partial charge in [0.2, 0.25) is 11.8 Å². The minimum Gasteiger partial charge on any atom is -0.368 e. The molecule has 2 rings (SSSR count). The molecule has 1 fully saturated rings. The third kappa shape index (κ3) is 4.46. The van der Waals surface area contributed by atoms with Crippen LogP contribution >= 0.6 is 0 Å². The van der Waals surface area contributed by atoms with Crippen molar-refractivity contribution in [2.75, 3.05) is 37.6 Å². The van der Waals surface area contributed by atoms with Crippen molar-refractivity contribution in [2.24, 2.45) is 5.73 Å². The number of piperazine rings is 1. The Labute approximate surface area is 131 Å². The first kappa shape index (κ1) is 16.3. The molecule has 0 aliphatic carbocycles. The molecule has 1 aliphatic heterocycles. The molecule has 1 saturated heterocycles. The number of rotatable bonds is 5. The lowest BCUT2D eigenvalue weighted by atomic mass is 10.2. The van der Waals surface area contributed by atoms with Crippen LogP contribution in [0.3, 0.4) is 0 Å². The van der Waals surface area contributed by atoms with Crippen molar-refractivity contribution < 1.29 is 9.59 Å². The summed E-state index contributed by atoms with van der Waals surface area (Å²) in [5.41, 5.74) is 6.65. The molecule has 120 valence electrons. The lowest BCUT2D eigenvalue weighted by Crippen LogP contribution is -2.49. The van der Waals surface area contributed by atoms with Gasteiger partial charge in [-0.2, -0.15) is 0 Å². The van der Waals surface area contributed by atoms with Gasteiger partial charge in [-0.15, -0.1) is 0 Å². The number of nitrogens with zero attached hydrogens (tertiary/aromatic N) is 2. The number of hydrogen-bond acceptors (Lipinski definition) is 4. The maximum absolute atomic E-state index is 12.1. The van der Waals surface area contributed by atoms with Crippen LogP contribution in [0.5, 0.6) is 0 Å². The second kappa shape index (κ2) is 7.79. The minimum absolute atomic E-state index is 0.0812. The number of para-hydroxylation sites is 1. The van der Waals surface area contributed by atoms with Crippen molar-refractivity contribution in [2.45, 2.75) is 19.4 Å². The standard InChI is InChI=1S/C16H24N4O2/c1-13(17)16(22)18-8-7-15(21)20-11-9-19(10-12-20)14-5-3-2-4-6-14/h2-6,13H,7-12,17H2,1H3,(H,18,22). The molecule has 6 heteroatoms. The van der Waals surface area contributed by atoms with Crippen LogP contribution in [-0.2, 0) is 9.59 Å². The second-order valence-corrected chi connectivity index (χ2v) is 5.53. The van der Waals surface area contributed by atoms with Crippen molar-refractivity contribution in [3.8, 4) is 0 Å². The molecule has 22 heavy (non-hydrogen) atoms. The monoisotopic (exact) mass is 304 g/mol. The van der Waals surface area contributed by atoms with Gasteiger partial charge in [-0.25, -0.2) is 0 Å². The first-order chi connectivity index (χ1) is 10.6. The van der Waals surface area contributed by atoms with Gasteiger partial charge in [0.05, 0.1) is 6.04 Å². The summed E-state index contributed by atoms with van der Waals surface area (Å²) in [6.07, 6.45) is 0.323. The van der Waals surface area contributed by atoms with E-state index in [0.717, 1.165) is 26.2 Å². The lowest BCUT2D eigenvalue weighted by Gasteiger charge is -2.36. The summed E-state index contributed by atoms with van der Waals surface area (Å²) >= 11 is 0. The van der Waals surface area contributed by atoms with Crippen molar-refractivity contribution >= 4 is 17.5 Å². The van der Waals surface area contributed by atoms with E-state index >= 15 is 0 Å². The van der Waals surface area contributed by atoms with Gasteiger partial charge in [0, 0.05) is 44.8 Å². The quantitative estimate of drug-likeness (QED) is 0.814. The van der Waals surface area contributed by atoms with Crippen LogP contribution in [0.2, 0.25) is 0 Å². The summed E-state index contributed by atoms with van der Waals surface area (Å²) in [5.74, 6) is -0.139. The average molecular weight is 304 g/mol. The normalized spacial score (nSPS) is 16.3. The average Bonchev–Trinajstić information content (AvgIpc) is 2.55. The first-order valence-electron chi connectivity index (χ1n) is 7.69. The van der Waals surface area contributed by atoms with Gasteiger partial charge in [0.25, 0.3) is 0 Å². The van der Waals surface area contributed by atoms with Crippen molar-refractivity contribution in [3.05, 3.63) is 30.3 Å². The number of nitrogens with one attached hydrogen (secondary N) is 1. The van der Waals surface area contributed by atoms with Gasteiger partial charge >= 0.3 is 0 Å². The lowest BCUT2D eigenvalue weighted by molar-refractivity contribution is -0.131. The van der Waals surface area contributed by atoms with Gasteiger partial charge in [0.15, 0.2) is 0 Å². The molecule has 1 aliphatic rings. The fourth-order valence-electron chi connectivity index (χ4n) is 2.46. The van der Waals surface area contributed by atoms with E-state index in [2.05, 4.69) is 22.3 Å². The van der Waals surface area contributed by atoms with Crippen LogP contribution in [0.4, 0.5) is 5.69 Å². The Morgan fingerprint density at radius 2 is 1.82 bits per heavy atom. The molecular formula is C16H24N4O2. The number of benzene rings is 1. The molecular weight excluding hydrogens is 280 g/mol. The third-order valence-electron chi connectivity index (χ3n) is 3.81. The Kier molecular flexibility index (Phi) is 5.77. The van der Waals surface area contributed by atoms with E-state index in [1.807, 2.05) is 23.1 Å². The van der Waals surface area contributed by atoms with E-state index in [-0.39, 0.29) is 11.8 Å². The molecule has 2 amide bonds. The van der Waals surface area contributed by atoms with E-state index in [1.165, 1.54) is 5.69 Å². The molecule has 0 radical (unpaired) electrons. The predicted molar refractivity (Wildman–Crippen MR) is 86.5 cm³/mol. The highest BCUT2D eigenvalue weighted by Crippen LogP contribution is 2.15.